The lowest BCUT2D eigenvalue weighted by Gasteiger charge is -2.08. The number of carbonyl (C=O) groups excluding carboxylic acids is 1. The van der Waals surface area contributed by atoms with Crippen LogP contribution in [-0.4, -0.2) is 17.9 Å². The summed E-state index contributed by atoms with van der Waals surface area (Å²) >= 11 is 0. The monoisotopic (exact) mass is 263 g/mol. The van der Waals surface area contributed by atoms with Crippen LogP contribution in [0.5, 0.6) is 5.88 Å². The Balaban J connectivity index is 2.53. The number of carbonyl (C=O) groups is 1. The number of pyridine rings is 1. The Morgan fingerprint density at radius 1 is 1.21 bits per heavy atom. The van der Waals surface area contributed by atoms with E-state index in [0.717, 1.165) is 6.07 Å². The molecule has 0 amide bonds. The van der Waals surface area contributed by atoms with E-state index in [-0.39, 0.29) is 17.0 Å². The molecule has 0 atom stereocenters. The third-order valence-electron chi connectivity index (χ3n) is 2.74. The molecule has 0 unspecified atom stereocenters. The number of hydrogen-bond acceptors (Lipinski definition) is 3. The SMILES string of the molecule is COc1nccc(C(=O)c2cc(F)ccc2C)c1F. The summed E-state index contributed by atoms with van der Waals surface area (Å²) in [6, 6.07) is 5.04. The van der Waals surface area contributed by atoms with Crippen molar-refractivity contribution in [2.24, 2.45) is 0 Å². The molecule has 19 heavy (non-hydrogen) atoms. The fraction of sp³-hybridized carbons (Fsp3) is 0.143. The number of methoxy groups -OCH3 is 1. The van der Waals surface area contributed by atoms with Crippen molar-refractivity contribution in [3.8, 4) is 5.88 Å². The summed E-state index contributed by atoms with van der Waals surface area (Å²) in [5, 5.41) is 0. The van der Waals surface area contributed by atoms with Gasteiger partial charge in [-0.1, -0.05) is 6.07 Å². The van der Waals surface area contributed by atoms with Crippen molar-refractivity contribution in [3.05, 3.63) is 58.8 Å². The number of ketones is 1. The van der Waals surface area contributed by atoms with Crippen LogP contribution in [-0.2, 0) is 0 Å². The number of rotatable bonds is 3. The molecule has 0 bridgehead atoms. The van der Waals surface area contributed by atoms with E-state index in [1.54, 1.807) is 6.92 Å². The largest absolute Gasteiger partial charge is 0.479 e. The van der Waals surface area contributed by atoms with Gasteiger partial charge in [-0.2, -0.15) is 0 Å². The van der Waals surface area contributed by atoms with Crippen LogP contribution in [0.1, 0.15) is 21.5 Å². The zero-order valence-corrected chi connectivity index (χ0v) is 10.4. The highest BCUT2D eigenvalue weighted by Gasteiger charge is 2.19. The molecule has 0 radical (unpaired) electrons. The molecule has 2 rings (SSSR count). The highest BCUT2D eigenvalue weighted by Crippen LogP contribution is 2.21. The van der Waals surface area contributed by atoms with Gasteiger partial charge < -0.3 is 4.74 Å². The summed E-state index contributed by atoms with van der Waals surface area (Å²) in [6.07, 6.45) is 1.27. The van der Waals surface area contributed by atoms with E-state index in [9.17, 15) is 13.6 Å². The first-order chi connectivity index (χ1) is 9.04. The normalized spacial score (nSPS) is 10.3. The van der Waals surface area contributed by atoms with Crippen molar-refractivity contribution in [1.82, 2.24) is 4.98 Å². The number of benzene rings is 1. The maximum absolute atomic E-state index is 13.9. The molecule has 98 valence electrons. The Morgan fingerprint density at radius 2 is 1.95 bits per heavy atom. The Bertz CT molecular complexity index is 641. The van der Waals surface area contributed by atoms with Crippen LogP contribution in [0.2, 0.25) is 0 Å². The lowest BCUT2D eigenvalue weighted by atomic mass is 9.99. The number of halogens is 2. The van der Waals surface area contributed by atoms with Gasteiger partial charge in [-0.05, 0) is 30.7 Å². The number of aromatic nitrogens is 1. The molecule has 1 heterocycles. The lowest BCUT2D eigenvalue weighted by Crippen LogP contribution is -2.08. The third kappa shape index (κ3) is 2.45. The number of aryl methyl sites for hydroxylation is 1. The molecule has 0 saturated heterocycles. The van der Waals surface area contributed by atoms with Gasteiger partial charge in [0.1, 0.15) is 5.82 Å². The van der Waals surface area contributed by atoms with E-state index in [2.05, 4.69) is 4.98 Å². The molecule has 1 aromatic heterocycles. The standard InChI is InChI=1S/C14H11F2NO2/c1-8-3-4-9(15)7-11(8)13(18)10-5-6-17-14(19-2)12(10)16/h3-7H,1-2H3. The van der Waals surface area contributed by atoms with E-state index in [1.165, 1.54) is 31.5 Å². The van der Waals surface area contributed by atoms with Gasteiger partial charge in [-0.25, -0.2) is 13.8 Å². The van der Waals surface area contributed by atoms with E-state index in [1.807, 2.05) is 0 Å². The van der Waals surface area contributed by atoms with Gasteiger partial charge in [0.15, 0.2) is 11.6 Å². The van der Waals surface area contributed by atoms with E-state index < -0.39 is 17.4 Å². The first kappa shape index (κ1) is 13.1. The smallest absolute Gasteiger partial charge is 0.250 e. The molecule has 0 saturated carbocycles. The predicted octanol–water partition coefficient (Wildman–Crippen LogP) is 2.91. The highest BCUT2D eigenvalue weighted by molar-refractivity contribution is 6.10. The third-order valence-corrected chi connectivity index (χ3v) is 2.74. The number of hydrogen-bond donors (Lipinski definition) is 0. The second-order valence-electron chi connectivity index (χ2n) is 3.97. The molecule has 0 aliphatic rings. The molecular formula is C14H11F2NO2. The zero-order chi connectivity index (χ0) is 14.0. The summed E-state index contributed by atoms with van der Waals surface area (Å²) < 4.78 is 31.8. The minimum atomic E-state index is -0.848. The molecule has 0 N–H and O–H groups in total. The quantitative estimate of drug-likeness (QED) is 0.799. The Morgan fingerprint density at radius 3 is 2.63 bits per heavy atom. The van der Waals surface area contributed by atoms with Gasteiger partial charge >= 0.3 is 0 Å². The second kappa shape index (κ2) is 5.14. The first-order valence-corrected chi connectivity index (χ1v) is 5.54. The summed E-state index contributed by atoms with van der Waals surface area (Å²) in [7, 11) is 1.26. The molecule has 1 aromatic carbocycles. The maximum Gasteiger partial charge on any atom is 0.250 e. The van der Waals surface area contributed by atoms with E-state index in [4.69, 9.17) is 4.74 Å². The number of ether oxygens (including phenoxy) is 1. The van der Waals surface area contributed by atoms with Crippen molar-refractivity contribution in [1.29, 1.82) is 0 Å². The van der Waals surface area contributed by atoms with Crippen molar-refractivity contribution >= 4 is 5.78 Å². The average molecular weight is 263 g/mol. The molecule has 0 fully saturated rings. The van der Waals surface area contributed by atoms with E-state index >= 15 is 0 Å². The van der Waals surface area contributed by atoms with Gasteiger partial charge in [-0.3, -0.25) is 4.79 Å². The first-order valence-electron chi connectivity index (χ1n) is 5.54. The average Bonchev–Trinajstić information content (AvgIpc) is 2.41. The van der Waals surface area contributed by atoms with Crippen LogP contribution in [0, 0.1) is 18.6 Å². The fourth-order valence-corrected chi connectivity index (χ4v) is 1.73. The molecule has 0 aliphatic carbocycles. The predicted molar refractivity (Wildman–Crippen MR) is 65.3 cm³/mol. The van der Waals surface area contributed by atoms with E-state index in [0.29, 0.717) is 5.56 Å². The minimum Gasteiger partial charge on any atom is -0.479 e. The second-order valence-corrected chi connectivity index (χ2v) is 3.97. The van der Waals surface area contributed by atoms with Gasteiger partial charge in [-0.15, -0.1) is 0 Å². The van der Waals surface area contributed by atoms with Gasteiger partial charge in [0.05, 0.1) is 12.7 Å². The van der Waals surface area contributed by atoms with Crippen LogP contribution in [0.4, 0.5) is 8.78 Å². The summed E-state index contributed by atoms with van der Waals surface area (Å²) in [6.45, 7) is 1.66. The van der Waals surface area contributed by atoms with Crippen LogP contribution in [0.15, 0.2) is 30.5 Å². The molecule has 0 spiro atoms. The lowest BCUT2D eigenvalue weighted by molar-refractivity contribution is 0.103. The van der Waals surface area contributed by atoms with Crippen molar-refractivity contribution in [3.63, 3.8) is 0 Å². The zero-order valence-electron chi connectivity index (χ0n) is 10.4. The van der Waals surface area contributed by atoms with Gasteiger partial charge in [0.2, 0.25) is 0 Å². The molecular weight excluding hydrogens is 252 g/mol. The Kier molecular flexibility index (Phi) is 3.55. The molecule has 3 nitrogen and oxygen atoms in total. The van der Waals surface area contributed by atoms with Crippen molar-refractivity contribution in [2.75, 3.05) is 7.11 Å². The molecule has 2 aromatic rings. The Labute approximate surface area is 108 Å². The maximum atomic E-state index is 13.9. The van der Waals surface area contributed by atoms with Crippen LogP contribution >= 0.6 is 0 Å². The van der Waals surface area contributed by atoms with Crippen LogP contribution < -0.4 is 4.74 Å². The fourth-order valence-electron chi connectivity index (χ4n) is 1.73. The van der Waals surface area contributed by atoms with Crippen LogP contribution in [0.25, 0.3) is 0 Å². The van der Waals surface area contributed by atoms with Gasteiger partial charge in [0, 0.05) is 11.8 Å². The highest BCUT2D eigenvalue weighted by atomic mass is 19.1. The minimum absolute atomic E-state index is 0.118. The summed E-state index contributed by atoms with van der Waals surface area (Å²) in [4.78, 5) is 15.9. The van der Waals surface area contributed by atoms with Crippen molar-refractivity contribution < 1.29 is 18.3 Å². The van der Waals surface area contributed by atoms with Crippen molar-refractivity contribution in [2.45, 2.75) is 6.92 Å². The Hall–Kier alpha value is -2.30. The van der Waals surface area contributed by atoms with Gasteiger partial charge in [0.25, 0.3) is 5.88 Å². The summed E-state index contributed by atoms with van der Waals surface area (Å²) in [5.41, 5.74) is 0.495. The summed E-state index contributed by atoms with van der Waals surface area (Å²) in [5.74, 6) is -2.26. The number of nitrogens with zero attached hydrogens (tertiary/aromatic N) is 1. The molecule has 5 heteroatoms. The topological polar surface area (TPSA) is 39.2 Å². The molecule has 0 aliphatic heterocycles. The van der Waals surface area contributed by atoms with Crippen LogP contribution in [0.3, 0.4) is 0 Å².